The number of nitrogens with one attached hydrogen (secondary N) is 2. The molecule has 1 aromatic heterocycles. The molecular weight excluding hydrogens is 292 g/mol. The molecule has 4 N–H and O–H groups in total. The summed E-state index contributed by atoms with van der Waals surface area (Å²) >= 11 is 0. The van der Waals surface area contributed by atoms with Crippen LogP contribution in [0.3, 0.4) is 0 Å². The fraction of sp³-hybridized carbons (Fsp3) is 0.118. The smallest absolute Gasteiger partial charge is 0.243 e. The molecule has 0 aliphatic heterocycles. The van der Waals surface area contributed by atoms with E-state index in [1.807, 2.05) is 18.2 Å². The Morgan fingerprint density at radius 2 is 1.87 bits per heavy atom. The van der Waals surface area contributed by atoms with Crippen molar-refractivity contribution in [2.24, 2.45) is 5.73 Å². The minimum absolute atomic E-state index is 0.0664. The molecule has 0 radical (unpaired) electrons. The van der Waals surface area contributed by atoms with Crippen LogP contribution in [0.5, 0.6) is 0 Å². The summed E-state index contributed by atoms with van der Waals surface area (Å²) < 4.78 is 0. The van der Waals surface area contributed by atoms with E-state index >= 15 is 0 Å². The van der Waals surface area contributed by atoms with E-state index in [9.17, 15) is 9.59 Å². The van der Waals surface area contributed by atoms with Crippen LogP contribution in [0.4, 0.5) is 5.95 Å². The number of benzene rings is 2. The van der Waals surface area contributed by atoms with Crippen LogP contribution >= 0.6 is 0 Å². The number of carbonyl (C=O) groups excluding carboxylic acids is 2. The van der Waals surface area contributed by atoms with E-state index < -0.39 is 6.04 Å². The zero-order valence-corrected chi connectivity index (χ0v) is 12.5. The Kier molecular flexibility index (Phi) is 3.91. The summed E-state index contributed by atoms with van der Waals surface area (Å²) in [5, 5.41) is 2.60. The van der Waals surface area contributed by atoms with Crippen molar-refractivity contribution in [2.75, 3.05) is 5.32 Å². The molecular formula is C17H16N4O2. The second-order valence-corrected chi connectivity index (χ2v) is 5.29. The van der Waals surface area contributed by atoms with Crippen molar-refractivity contribution in [3.8, 4) is 0 Å². The lowest BCUT2D eigenvalue weighted by atomic mass is 10.0. The van der Waals surface area contributed by atoms with E-state index in [0.717, 1.165) is 0 Å². The molecule has 1 heterocycles. The lowest BCUT2D eigenvalue weighted by molar-refractivity contribution is -0.117. The van der Waals surface area contributed by atoms with E-state index in [-0.39, 0.29) is 11.7 Å². The van der Waals surface area contributed by atoms with E-state index in [1.54, 1.807) is 37.3 Å². The van der Waals surface area contributed by atoms with Crippen LogP contribution in [0, 0.1) is 0 Å². The molecule has 0 spiro atoms. The largest absolute Gasteiger partial charge is 0.324 e. The summed E-state index contributed by atoms with van der Waals surface area (Å²) in [7, 11) is 0. The number of nitrogens with two attached hydrogens (primary N) is 1. The van der Waals surface area contributed by atoms with Gasteiger partial charge in [0.05, 0.1) is 17.1 Å². The van der Waals surface area contributed by atoms with Crippen LogP contribution < -0.4 is 11.1 Å². The maximum Gasteiger partial charge on any atom is 0.243 e. The molecule has 0 bridgehead atoms. The van der Waals surface area contributed by atoms with Gasteiger partial charge in [-0.1, -0.05) is 30.3 Å². The van der Waals surface area contributed by atoms with Crippen molar-refractivity contribution in [1.29, 1.82) is 0 Å². The summed E-state index contributed by atoms with van der Waals surface area (Å²) in [6, 6.07) is 13.6. The predicted molar refractivity (Wildman–Crippen MR) is 88.2 cm³/mol. The van der Waals surface area contributed by atoms with Gasteiger partial charge in [-0.3, -0.25) is 14.9 Å². The normalized spacial score (nSPS) is 12.1. The van der Waals surface area contributed by atoms with E-state index in [2.05, 4.69) is 15.3 Å². The van der Waals surface area contributed by atoms with Crippen LogP contribution in [0.25, 0.3) is 11.0 Å². The third-order valence-corrected chi connectivity index (χ3v) is 3.44. The molecule has 116 valence electrons. The SMILES string of the molecule is C[C@H](N)C(=O)Nc1nc2ccc(C(=O)c3ccccc3)cc2[nH]1. The maximum absolute atomic E-state index is 12.4. The number of imidazole rings is 1. The quantitative estimate of drug-likeness (QED) is 0.642. The van der Waals surface area contributed by atoms with Gasteiger partial charge in [-0.25, -0.2) is 4.98 Å². The number of aromatic amines is 1. The Morgan fingerprint density at radius 3 is 2.57 bits per heavy atom. The molecule has 1 amide bonds. The number of hydrogen-bond acceptors (Lipinski definition) is 4. The van der Waals surface area contributed by atoms with E-state index in [4.69, 9.17) is 5.73 Å². The Hall–Kier alpha value is -2.99. The summed E-state index contributed by atoms with van der Waals surface area (Å²) in [4.78, 5) is 31.3. The molecule has 0 aliphatic rings. The van der Waals surface area contributed by atoms with E-state index in [0.29, 0.717) is 28.1 Å². The first-order valence-electron chi connectivity index (χ1n) is 7.20. The van der Waals surface area contributed by atoms with Crippen molar-refractivity contribution < 1.29 is 9.59 Å². The van der Waals surface area contributed by atoms with Crippen LogP contribution in [0.2, 0.25) is 0 Å². The highest BCUT2D eigenvalue weighted by Gasteiger charge is 2.13. The monoisotopic (exact) mass is 308 g/mol. The Morgan fingerprint density at radius 1 is 1.13 bits per heavy atom. The average Bonchev–Trinajstić information content (AvgIpc) is 2.96. The van der Waals surface area contributed by atoms with Gasteiger partial charge in [-0.2, -0.15) is 0 Å². The molecule has 0 aliphatic carbocycles. The number of amides is 1. The Balaban J connectivity index is 1.90. The molecule has 2 aromatic carbocycles. The van der Waals surface area contributed by atoms with Crippen molar-refractivity contribution in [1.82, 2.24) is 9.97 Å². The highest BCUT2D eigenvalue weighted by atomic mass is 16.2. The lowest BCUT2D eigenvalue weighted by Crippen LogP contribution is -2.32. The van der Waals surface area contributed by atoms with Gasteiger partial charge in [0.1, 0.15) is 0 Å². The molecule has 23 heavy (non-hydrogen) atoms. The zero-order valence-electron chi connectivity index (χ0n) is 12.5. The standard InChI is InChI=1S/C17H16N4O2/c1-10(18)16(23)21-17-19-13-8-7-12(9-14(13)20-17)15(22)11-5-3-2-4-6-11/h2-10H,18H2,1H3,(H2,19,20,21,23)/t10-/m0/s1. The van der Waals surface area contributed by atoms with Crippen LogP contribution in [0.1, 0.15) is 22.8 Å². The van der Waals surface area contributed by atoms with Crippen LogP contribution in [0.15, 0.2) is 48.5 Å². The van der Waals surface area contributed by atoms with Crippen molar-refractivity contribution in [2.45, 2.75) is 13.0 Å². The van der Waals surface area contributed by atoms with Crippen LogP contribution in [-0.4, -0.2) is 27.7 Å². The first-order valence-corrected chi connectivity index (χ1v) is 7.20. The summed E-state index contributed by atoms with van der Waals surface area (Å²) in [6.45, 7) is 1.59. The van der Waals surface area contributed by atoms with Crippen molar-refractivity contribution >= 4 is 28.7 Å². The highest BCUT2D eigenvalue weighted by molar-refractivity contribution is 6.10. The number of rotatable bonds is 4. The third kappa shape index (κ3) is 3.12. The minimum Gasteiger partial charge on any atom is -0.324 e. The molecule has 0 saturated heterocycles. The zero-order chi connectivity index (χ0) is 16.4. The minimum atomic E-state index is -0.626. The summed E-state index contributed by atoms with van der Waals surface area (Å²) in [6.07, 6.45) is 0. The topological polar surface area (TPSA) is 101 Å². The molecule has 0 fully saturated rings. The lowest BCUT2D eigenvalue weighted by Gasteiger charge is -2.03. The van der Waals surface area contributed by atoms with Crippen molar-refractivity contribution in [3.05, 3.63) is 59.7 Å². The Bertz CT molecular complexity index is 869. The van der Waals surface area contributed by atoms with Gasteiger partial charge in [0.15, 0.2) is 5.78 Å². The summed E-state index contributed by atoms with van der Waals surface area (Å²) in [5.41, 5.74) is 8.02. The van der Waals surface area contributed by atoms with Crippen LogP contribution in [-0.2, 0) is 4.79 Å². The Labute approximate surface area is 132 Å². The number of H-pyrrole nitrogens is 1. The number of ketones is 1. The molecule has 1 atom stereocenters. The molecule has 3 rings (SSSR count). The summed E-state index contributed by atoms with van der Waals surface area (Å²) in [5.74, 6) is -0.0838. The average molecular weight is 308 g/mol. The molecule has 6 heteroatoms. The predicted octanol–water partition coefficient (Wildman–Crippen LogP) is 2.08. The number of aromatic nitrogens is 2. The first-order chi connectivity index (χ1) is 11.0. The van der Waals surface area contributed by atoms with Gasteiger partial charge in [0.25, 0.3) is 0 Å². The third-order valence-electron chi connectivity index (χ3n) is 3.44. The van der Waals surface area contributed by atoms with Gasteiger partial charge in [0.2, 0.25) is 11.9 Å². The second kappa shape index (κ2) is 6.02. The van der Waals surface area contributed by atoms with E-state index in [1.165, 1.54) is 0 Å². The van der Waals surface area contributed by atoms with Gasteiger partial charge < -0.3 is 10.7 Å². The van der Waals surface area contributed by atoms with Crippen molar-refractivity contribution in [3.63, 3.8) is 0 Å². The highest BCUT2D eigenvalue weighted by Crippen LogP contribution is 2.18. The second-order valence-electron chi connectivity index (χ2n) is 5.29. The molecule has 6 nitrogen and oxygen atoms in total. The van der Waals surface area contributed by atoms with Gasteiger partial charge >= 0.3 is 0 Å². The maximum atomic E-state index is 12.4. The van der Waals surface area contributed by atoms with Gasteiger partial charge in [0, 0.05) is 11.1 Å². The molecule has 0 saturated carbocycles. The number of hydrogen-bond donors (Lipinski definition) is 3. The molecule has 3 aromatic rings. The number of nitrogens with zero attached hydrogens (tertiary/aromatic N) is 1. The fourth-order valence-electron chi connectivity index (χ4n) is 2.20. The first kappa shape index (κ1) is 14.9. The van der Waals surface area contributed by atoms with Gasteiger partial charge in [-0.05, 0) is 25.1 Å². The fourth-order valence-corrected chi connectivity index (χ4v) is 2.20. The number of carbonyl (C=O) groups is 2. The number of anilines is 1. The van der Waals surface area contributed by atoms with Gasteiger partial charge in [-0.15, -0.1) is 0 Å². The number of fused-ring (bicyclic) bond motifs is 1. The molecule has 0 unspecified atom stereocenters.